The van der Waals surface area contributed by atoms with E-state index in [0.29, 0.717) is 61.4 Å². The van der Waals surface area contributed by atoms with E-state index in [0.717, 1.165) is 50.3 Å². The second kappa shape index (κ2) is 20.0. The Balaban J connectivity index is 0.889. The molecule has 0 aromatic heterocycles. The summed E-state index contributed by atoms with van der Waals surface area (Å²) >= 11 is -5.25. The van der Waals surface area contributed by atoms with Crippen molar-refractivity contribution in [2.45, 2.75) is 50.6 Å². The number of hydrogen-bond donors (Lipinski definition) is 0. The Morgan fingerprint density at radius 1 is 0.594 bits per heavy atom. The number of halogens is 1. The Morgan fingerprint density at radius 2 is 0.984 bits per heavy atom. The largest absolute Gasteiger partial charge is 0.755 e. The average molecular weight is 903 g/mol. The first-order valence-corrected chi connectivity index (χ1v) is 22.7. The number of anilines is 2. The van der Waals surface area contributed by atoms with Crippen LogP contribution in [0.25, 0.3) is 22.3 Å². The highest BCUT2D eigenvalue weighted by Crippen LogP contribution is 2.43. The lowest BCUT2D eigenvalue weighted by Crippen LogP contribution is -2.33. The van der Waals surface area contributed by atoms with Gasteiger partial charge in [0.15, 0.2) is 13.2 Å². The third-order valence-electron chi connectivity index (χ3n) is 11.5. The molecule has 2 aliphatic carbocycles. The van der Waals surface area contributed by atoms with Crippen molar-refractivity contribution in [2.75, 3.05) is 28.9 Å². The molecule has 2 aliphatic rings. The van der Waals surface area contributed by atoms with Crippen LogP contribution in [0.1, 0.15) is 60.0 Å². The van der Waals surface area contributed by atoms with Crippen molar-refractivity contribution in [3.8, 4) is 39.5 Å². The molecule has 0 fully saturated rings. The van der Waals surface area contributed by atoms with Gasteiger partial charge < -0.3 is 28.1 Å². The van der Waals surface area contributed by atoms with Gasteiger partial charge >= 0.3 is 11.9 Å². The van der Waals surface area contributed by atoms with Gasteiger partial charge in [-0.3, -0.25) is 17.0 Å². The number of nitrogens with zero attached hydrogens (tertiary/aromatic N) is 2. The lowest BCUT2D eigenvalue weighted by molar-refractivity contribution is -0.162. The highest BCUT2D eigenvalue weighted by molar-refractivity contribution is 7.80. The number of hydrogen-bond acceptors (Lipinski definition) is 10. The lowest BCUT2D eigenvalue weighted by atomic mass is 9.87. The normalized spacial score (nSPS) is 16.3. The molecule has 0 bridgehead atoms. The van der Waals surface area contributed by atoms with E-state index in [1.54, 1.807) is 79.9 Å². The van der Waals surface area contributed by atoms with Gasteiger partial charge in [0.05, 0.1) is 19.2 Å². The minimum atomic E-state index is -2.64. The van der Waals surface area contributed by atoms with Gasteiger partial charge in [-0.05, 0) is 144 Å². The smallest absolute Gasteiger partial charge is 0.351 e. The Morgan fingerprint density at radius 3 is 1.38 bits per heavy atom. The van der Waals surface area contributed by atoms with Crippen LogP contribution >= 0.6 is 0 Å². The van der Waals surface area contributed by atoms with Crippen LogP contribution in [0, 0.1) is 5.82 Å². The Hall–Kier alpha value is -6.39. The maximum Gasteiger partial charge on any atom is 0.351 e. The molecule has 15 heteroatoms. The Bertz CT molecular complexity index is 2660. The van der Waals surface area contributed by atoms with E-state index in [9.17, 15) is 31.5 Å². The highest BCUT2D eigenvalue weighted by atomic mass is 32.2. The van der Waals surface area contributed by atoms with E-state index in [2.05, 4.69) is 0 Å². The van der Waals surface area contributed by atoms with Crippen molar-refractivity contribution in [3.63, 3.8) is 0 Å². The van der Waals surface area contributed by atoms with Gasteiger partial charge in [-0.25, -0.2) is 14.0 Å². The molecule has 0 saturated heterocycles. The molecule has 4 atom stereocenters. The molecule has 12 nitrogen and oxygen atoms in total. The third-order valence-corrected chi connectivity index (χ3v) is 13.1. The molecule has 0 heterocycles. The van der Waals surface area contributed by atoms with Crippen LogP contribution in [0.4, 0.5) is 15.8 Å². The molecule has 4 unspecified atom stereocenters. The quantitative estimate of drug-likeness (QED) is 0.0553. The molecule has 0 spiro atoms. The van der Waals surface area contributed by atoms with Gasteiger partial charge in [0, 0.05) is 33.9 Å². The molecule has 0 amide bonds. The number of ether oxygens (including phenoxy) is 4. The first kappa shape index (κ1) is 44.2. The van der Waals surface area contributed by atoms with Crippen molar-refractivity contribution < 1.29 is 50.5 Å². The van der Waals surface area contributed by atoms with Gasteiger partial charge in [0.1, 0.15) is 23.1 Å². The molecule has 8 rings (SSSR count). The molecular weight excluding hydrogens is 860 g/mol. The fourth-order valence-electron chi connectivity index (χ4n) is 8.56. The molecule has 0 aliphatic heterocycles. The maximum absolute atomic E-state index is 13.5. The van der Waals surface area contributed by atoms with Crippen LogP contribution in [0.15, 0.2) is 133 Å². The minimum absolute atomic E-state index is 0.349. The molecule has 330 valence electrons. The number of esters is 2. The zero-order valence-corrected chi connectivity index (χ0v) is 36.3. The first-order valence-electron chi connectivity index (χ1n) is 20.7. The SMILES string of the molecule is COc1ccc(-c2ccc(N(C3CCCc4c(OCC(=O)OC(=O)COc5cccc6c5CCCC6N(c5ccc(-c6ccc(F)cc6)cc5)S(=O)[O-])cccc43)S(=O)[O-])cc2)cc1. The fraction of sp³-hybridized carbons (Fsp3) is 0.224. The standard InChI is InChI=1S/C49H45FN2O10S2/c1-59-39-28-20-35(21-29-39)34-18-26-38(27-19-34)52(64(57)58)45-11-3-9-43-41(45)7-5-13-47(43)61-31-49(54)62-48(53)30-60-46-12-4-6-40-42(46)8-2-10-44(40)51(63(55)56)37-24-16-33(17-25-37)32-14-22-36(50)23-15-32/h4-7,12-29,44-45H,2-3,8-11,30-31H2,1H3,(H,55,56)(H,57,58)/p-2. The summed E-state index contributed by atoms with van der Waals surface area (Å²) in [7, 11) is 1.60. The summed E-state index contributed by atoms with van der Waals surface area (Å²) in [6, 6.07) is 37.4. The van der Waals surface area contributed by atoms with Gasteiger partial charge in [0.2, 0.25) is 0 Å². The van der Waals surface area contributed by atoms with E-state index in [1.165, 1.54) is 20.7 Å². The average Bonchev–Trinajstić information content (AvgIpc) is 3.31. The minimum Gasteiger partial charge on any atom is -0.755 e. The summed E-state index contributed by atoms with van der Waals surface area (Å²) < 4.78 is 89.2. The summed E-state index contributed by atoms with van der Waals surface area (Å²) in [6.45, 7) is -1.16. The van der Waals surface area contributed by atoms with E-state index < -0.39 is 59.8 Å². The zero-order chi connectivity index (χ0) is 44.7. The van der Waals surface area contributed by atoms with E-state index in [4.69, 9.17) is 18.9 Å². The predicted octanol–water partition coefficient (Wildman–Crippen LogP) is 9.05. The van der Waals surface area contributed by atoms with Crippen LogP contribution in [-0.2, 0) is 49.7 Å². The fourth-order valence-corrected chi connectivity index (χ4v) is 10.0. The van der Waals surface area contributed by atoms with Gasteiger partial charge in [-0.1, -0.05) is 72.8 Å². The number of rotatable bonds is 15. The van der Waals surface area contributed by atoms with Gasteiger partial charge in [-0.15, -0.1) is 0 Å². The summed E-state index contributed by atoms with van der Waals surface area (Å²) in [5.74, 6) is -0.733. The lowest BCUT2D eigenvalue weighted by Gasteiger charge is -2.38. The second-order valence-corrected chi connectivity index (χ2v) is 17.0. The van der Waals surface area contributed by atoms with Crippen molar-refractivity contribution in [1.29, 1.82) is 0 Å². The summed E-state index contributed by atoms with van der Waals surface area (Å²) in [6.07, 6.45) is 3.59. The number of fused-ring (bicyclic) bond motifs is 2. The molecule has 0 saturated carbocycles. The Labute approximate surface area is 375 Å². The summed E-state index contributed by atoms with van der Waals surface area (Å²) in [4.78, 5) is 25.8. The summed E-state index contributed by atoms with van der Waals surface area (Å²) in [5.41, 5.74) is 7.42. The third kappa shape index (κ3) is 9.87. The molecule has 64 heavy (non-hydrogen) atoms. The van der Waals surface area contributed by atoms with E-state index in [1.807, 2.05) is 48.5 Å². The van der Waals surface area contributed by atoms with Crippen molar-refractivity contribution >= 4 is 45.8 Å². The van der Waals surface area contributed by atoms with Crippen molar-refractivity contribution in [2.24, 2.45) is 0 Å². The van der Waals surface area contributed by atoms with Crippen LogP contribution in [0.2, 0.25) is 0 Å². The van der Waals surface area contributed by atoms with E-state index >= 15 is 0 Å². The van der Waals surface area contributed by atoms with Crippen LogP contribution in [0.5, 0.6) is 17.2 Å². The van der Waals surface area contributed by atoms with Crippen molar-refractivity contribution in [1.82, 2.24) is 0 Å². The van der Waals surface area contributed by atoms with Gasteiger partial charge in [0.25, 0.3) is 0 Å². The predicted molar refractivity (Wildman–Crippen MR) is 239 cm³/mol. The second-order valence-electron chi connectivity index (χ2n) is 15.3. The molecular formula is C49H43FN2O10S2-2. The molecule has 0 radical (unpaired) electrons. The first-order chi connectivity index (χ1) is 31.1. The number of benzene rings is 6. The van der Waals surface area contributed by atoms with Crippen LogP contribution in [0.3, 0.4) is 0 Å². The Kier molecular flexibility index (Phi) is 13.8. The van der Waals surface area contributed by atoms with Crippen LogP contribution in [-0.4, -0.2) is 49.8 Å². The van der Waals surface area contributed by atoms with Gasteiger partial charge in [-0.2, -0.15) is 0 Å². The highest BCUT2D eigenvalue weighted by Gasteiger charge is 2.31. The van der Waals surface area contributed by atoms with Crippen molar-refractivity contribution in [3.05, 3.63) is 162 Å². The zero-order valence-electron chi connectivity index (χ0n) is 34.7. The number of carbonyl (C=O) groups is 2. The monoisotopic (exact) mass is 902 g/mol. The number of carbonyl (C=O) groups excluding carboxylic acids is 2. The topological polar surface area (TPSA) is 158 Å². The molecule has 0 N–H and O–H groups in total. The molecule has 6 aromatic rings. The van der Waals surface area contributed by atoms with E-state index in [-0.39, 0.29) is 5.82 Å². The molecule has 6 aromatic carbocycles. The maximum atomic E-state index is 13.5. The van der Waals surface area contributed by atoms with Crippen LogP contribution < -0.4 is 22.8 Å². The summed E-state index contributed by atoms with van der Waals surface area (Å²) in [5, 5.41) is 0. The number of methoxy groups -OCH3 is 1.